The van der Waals surface area contributed by atoms with Crippen molar-refractivity contribution in [2.75, 3.05) is 10.6 Å². The summed E-state index contributed by atoms with van der Waals surface area (Å²) in [6, 6.07) is 11.5. The Hall–Kier alpha value is -3.02. The maximum Gasteiger partial charge on any atom is 0.227 e. The van der Waals surface area contributed by atoms with Gasteiger partial charge < -0.3 is 10.6 Å². The third kappa shape index (κ3) is 3.54. The lowest BCUT2D eigenvalue weighted by molar-refractivity contribution is 1.06. The number of hydrogen-bond acceptors (Lipinski definition) is 6. The second-order valence-corrected chi connectivity index (χ2v) is 4.87. The van der Waals surface area contributed by atoms with E-state index in [1.807, 2.05) is 44.2 Å². The number of aryl methyl sites for hydroxylation is 2. The van der Waals surface area contributed by atoms with E-state index in [1.54, 1.807) is 18.5 Å². The number of anilines is 4. The van der Waals surface area contributed by atoms with Gasteiger partial charge in [0.25, 0.3) is 0 Å². The normalized spacial score (nSPS) is 10.3. The SMILES string of the molecule is Cc1cc(C)nc(Nc2ccc(Nc3ncccn3)cc2)n1. The van der Waals surface area contributed by atoms with Crippen LogP contribution in [-0.4, -0.2) is 19.9 Å². The van der Waals surface area contributed by atoms with E-state index >= 15 is 0 Å². The van der Waals surface area contributed by atoms with Gasteiger partial charge in [-0.2, -0.15) is 0 Å². The van der Waals surface area contributed by atoms with Crippen LogP contribution in [0.1, 0.15) is 11.4 Å². The fourth-order valence-electron chi connectivity index (χ4n) is 2.04. The van der Waals surface area contributed by atoms with Gasteiger partial charge >= 0.3 is 0 Å². The van der Waals surface area contributed by atoms with Gasteiger partial charge in [-0.05, 0) is 50.2 Å². The first-order valence-electron chi connectivity index (χ1n) is 6.92. The predicted molar refractivity (Wildman–Crippen MR) is 86.5 cm³/mol. The number of aromatic nitrogens is 4. The molecule has 2 N–H and O–H groups in total. The minimum atomic E-state index is 0.570. The molecule has 0 atom stereocenters. The molecule has 0 aliphatic rings. The zero-order chi connectivity index (χ0) is 15.4. The summed E-state index contributed by atoms with van der Waals surface area (Å²) in [5.41, 5.74) is 3.71. The Balaban J connectivity index is 1.71. The molecule has 0 fully saturated rings. The maximum atomic E-state index is 4.36. The van der Waals surface area contributed by atoms with Gasteiger partial charge in [0, 0.05) is 35.2 Å². The summed E-state index contributed by atoms with van der Waals surface area (Å²) in [6.07, 6.45) is 3.39. The van der Waals surface area contributed by atoms with E-state index in [2.05, 4.69) is 30.6 Å². The van der Waals surface area contributed by atoms with Gasteiger partial charge in [-0.1, -0.05) is 0 Å². The van der Waals surface area contributed by atoms with Crippen molar-refractivity contribution in [2.24, 2.45) is 0 Å². The summed E-state index contributed by atoms with van der Waals surface area (Å²) in [4.78, 5) is 17.0. The van der Waals surface area contributed by atoms with Crippen LogP contribution in [0.4, 0.5) is 23.3 Å². The first-order valence-corrected chi connectivity index (χ1v) is 6.92. The molecule has 110 valence electrons. The molecule has 3 rings (SSSR count). The van der Waals surface area contributed by atoms with Crippen molar-refractivity contribution in [3.05, 3.63) is 60.2 Å². The molecule has 0 radical (unpaired) electrons. The molecular weight excluding hydrogens is 276 g/mol. The van der Waals surface area contributed by atoms with E-state index in [0.717, 1.165) is 22.8 Å². The smallest absolute Gasteiger partial charge is 0.227 e. The van der Waals surface area contributed by atoms with Gasteiger partial charge in [0.15, 0.2) is 0 Å². The van der Waals surface area contributed by atoms with Gasteiger partial charge in [-0.25, -0.2) is 19.9 Å². The van der Waals surface area contributed by atoms with Crippen LogP contribution in [0, 0.1) is 13.8 Å². The lowest BCUT2D eigenvalue weighted by Crippen LogP contribution is -2.00. The lowest BCUT2D eigenvalue weighted by atomic mass is 10.3. The lowest BCUT2D eigenvalue weighted by Gasteiger charge is -2.08. The molecule has 0 aliphatic heterocycles. The van der Waals surface area contributed by atoms with E-state index < -0.39 is 0 Å². The first kappa shape index (κ1) is 13.9. The topological polar surface area (TPSA) is 75.6 Å². The number of rotatable bonds is 4. The largest absolute Gasteiger partial charge is 0.324 e. The minimum absolute atomic E-state index is 0.570. The van der Waals surface area contributed by atoms with Crippen LogP contribution >= 0.6 is 0 Å². The van der Waals surface area contributed by atoms with Crippen molar-refractivity contribution in [1.82, 2.24) is 19.9 Å². The van der Waals surface area contributed by atoms with Crippen molar-refractivity contribution >= 4 is 23.3 Å². The zero-order valence-electron chi connectivity index (χ0n) is 12.4. The summed E-state index contributed by atoms with van der Waals surface area (Å²) < 4.78 is 0. The van der Waals surface area contributed by atoms with Crippen LogP contribution in [0.25, 0.3) is 0 Å². The van der Waals surface area contributed by atoms with Crippen molar-refractivity contribution in [3.63, 3.8) is 0 Å². The highest BCUT2D eigenvalue weighted by Crippen LogP contribution is 2.18. The summed E-state index contributed by atoms with van der Waals surface area (Å²) in [7, 11) is 0. The molecule has 0 spiro atoms. The fraction of sp³-hybridized carbons (Fsp3) is 0.125. The van der Waals surface area contributed by atoms with Crippen molar-refractivity contribution in [2.45, 2.75) is 13.8 Å². The molecule has 2 aromatic heterocycles. The number of hydrogen-bond donors (Lipinski definition) is 2. The van der Waals surface area contributed by atoms with Crippen LogP contribution in [-0.2, 0) is 0 Å². The monoisotopic (exact) mass is 292 g/mol. The molecule has 0 unspecified atom stereocenters. The van der Waals surface area contributed by atoms with Crippen molar-refractivity contribution < 1.29 is 0 Å². The highest BCUT2D eigenvalue weighted by Gasteiger charge is 2.01. The molecule has 0 bridgehead atoms. The average Bonchev–Trinajstić information content (AvgIpc) is 2.49. The van der Waals surface area contributed by atoms with Gasteiger partial charge in [0.2, 0.25) is 11.9 Å². The first-order chi connectivity index (χ1) is 10.7. The summed E-state index contributed by atoms with van der Waals surface area (Å²) >= 11 is 0. The molecule has 0 saturated carbocycles. The quantitative estimate of drug-likeness (QED) is 0.768. The average molecular weight is 292 g/mol. The molecule has 2 heterocycles. The Labute approximate surface area is 128 Å². The second kappa shape index (κ2) is 6.17. The van der Waals surface area contributed by atoms with Crippen LogP contribution < -0.4 is 10.6 Å². The number of nitrogens with one attached hydrogen (secondary N) is 2. The summed E-state index contributed by atoms with van der Waals surface area (Å²) in [5, 5.41) is 6.33. The molecule has 6 nitrogen and oxygen atoms in total. The van der Waals surface area contributed by atoms with Gasteiger partial charge in [-0.3, -0.25) is 0 Å². The van der Waals surface area contributed by atoms with E-state index in [-0.39, 0.29) is 0 Å². The highest BCUT2D eigenvalue weighted by molar-refractivity contribution is 5.61. The Morgan fingerprint density at radius 2 is 1.23 bits per heavy atom. The van der Waals surface area contributed by atoms with Gasteiger partial charge in [0.05, 0.1) is 0 Å². The Morgan fingerprint density at radius 1 is 0.727 bits per heavy atom. The maximum absolute atomic E-state index is 4.36. The van der Waals surface area contributed by atoms with Crippen LogP contribution in [0.2, 0.25) is 0 Å². The zero-order valence-corrected chi connectivity index (χ0v) is 12.4. The van der Waals surface area contributed by atoms with Gasteiger partial charge in [-0.15, -0.1) is 0 Å². The summed E-state index contributed by atoms with van der Waals surface area (Å²) in [5.74, 6) is 1.17. The number of benzene rings is 1. The third-order valence-corrected chi connectivity index (χ3v) is 2.95. The van der Waals surface area contributed by atoms with Crippen molar-refractivity contribution in [3.8, 4) is 0 Å². The van der Waals surface area contributed by atoms with Crippen molar-refractivity contribution in [1.29, 1.82) is 0 Å². The molecule has 3 aromatic rings. The van der Waals surface area contributed by atoms with Crippen LogP contribution in [0.15, 0.2) is 48.8 Å². The van der Waals surface area contributed by atoms with E-state index in [1.165, 1.54) is 0 Å². The van der Waals surface area contributed by atoms with E-state index in [0.29, 0.717) is 11.9 Å². The molecule has 6 heteroatoms. The van der Waals surface area contributed by atoms with Crippen LogP contribution in [0.3, 0.4) is 0 Å². The molecule has 22 heavy (non-hydrogen) atoms. The molecule has 0 saturated heterocycles. The van der Waals surface area contributed by atoms with Crippen LogP contribution in [0.5, 0.6) is 0 Å². The molecule has 1 aromatic carbocycles. The fourth-order valence-corrected chi connectivity index (χ4v) is 2.04. The van der Waals surface area contributed by atoms with Gasteiger partial charge in [0.1, 0.15) is 0 Å². The number of nitrogens with zero attached hydrogens (tertiary/aromatic N) is 4. The highest BCUT2D eigenvalue weighted by atomic mass is 15.1. The standard InChI is InChI=1S/C16H16N6/c1-11-10-12(2)20-16(19-11)22-14-6-4-13(5-7-14)21-15-17-8-3-9-18-15/h3-10H,1-2H3,(H,17,18,21)(H,19,20,22). The van der Waals surface area contributed by atoms with E-state index in [9.17, 15) is 0 Å². The second-order valence-electron chi connectivity index (χ2n) is 4.87. The van der Waals surface area contributed by atoms with E-state index in [4.69, 9.17) is 0 Å². The Kier molecular flexibility index (Phi) is 3.91. The predicted octanol–water partition coefficient (Wildman–Crippen LogP) is 3.37. The Morgan fingerprint density at radius 3 is 1.77 bits per heavy atom. The molecule has 0 amide bonds. The molecule has 0 aliphatic carbocycles. The Bertz CT molecular complexity index is 735. The molecular formula is C16H16N6. The minimum Gasteiger partial charge on any atom is -0.324 e. The third-order valence-electron chi connectivity index (χ3n) is 2.95. The summed E-state index contributed by atoms with van der Waals surface area (Å²) in [6.45, 7) is 3.90.